The Hall–Kier alpha value is 0.0566. The molecular weight excluding hydrogens is 662 g/mol. The molecule has 2 aliphatic rings. The van der Waals surface area contributed by atoms with E-state index in [1.807, 2.05) is 0 Å². The van der Waals surface area contributed by atoms with E-state index in [4.69, 9.17) is 0 Å². The molecule has 0 atom stereocenters. The Morgan fingerprint density at radius 2 is 0.917 bits per heavy atom. The van der Waals surface area contributed by atoms with E-state index >= 15 is 0 Å². The third-order valence-electron chi connectivity index (χ3n) is 3.23. The Kier molecular flexibility index (Phi) is 28.4. The second kappa shape index (κ2) is 19.4. The van der Waals surface area contributed by atoms with Crippen LogP contribution in [-0.4, -0.2) is 46.8 Å². The fourth-order valence-electron chi connectivity index (χ4n) is 2.21. The maximum atomic E-state index is 2.26. The summed E-state index contributed by atoms with van der Waals surface area (Å²) in [6, 6.07) is 0. The second-order valence-corrected chi connectivity index (χ2v) is 5.05. The van der Waals surface area contributed by atoms with Gasteiger partial charge in [-0.25, -0.2) is 0 Å². The van der Waals surface area contributed by atoms with Crippen LogP contribution >= 0.6 is 0 Å². The Balaban J connectivity index is -0.000000201. The van der Waals surface area contributed by atoms with Crippen molar-refractivity contribution in [3.8, 4) is 0 Å². The van der Waals surface area contributed by atoms with Gasteiger partial charge in [0.15, 0.2) is 0 Å². The van der Waals surface area contributed by atoms with E-state index in [1.54, 1.807) is 0 Å². The summed E-state index contributed by atoms with van der Waals surface area (Å²) < 4.78 is 0. The summed E-state index contributed by atoms with van der Waals surface area (Å²) in [5, 5.41) is 0. The summed E-state index contributed by atoms with van der Waals surface area (Å²) >= 11 is 0. The van der Waals surface area contributed by atoms with Crippen molar-refractivity contribution in [2.45, 2.75) is 25.7 Å². The van der Waals surface area contributed by atoms with Crippen LogP contribution in [0.25, 0.3) is 0 Å². The van der Waals surface area contributed by atoms with Crippen molar-refractivity contribution < 1.29 is 42.1 Å². The molecule has 0 aromatic heterocycles. The monoisotopic (exact) mass is 698 g/mol. The summed E-state index contributed by atoms with van der Waals surface area (Å²) in [6.07, 6.45) is 13.6. The number of unbranched alkanes of at least 4 members (excludes halogenated alkanes) is 3. The fourth-order valence-corrected chi connectivity index (χ4v) is 2.21. The van der Waals surface area contributed by atoms with Gasteiger partial charge in [0.05, 0.1) is 0 Å². The maximum Gasteiger partial charge on any atom is 0 e. The quantitative estimate of drug-likeness (QED) is 0.295. The van der Waals surface area contributed by atoms with Gasteiger partial charge in [-0.15, -0.1) is 0 Å². The number of hydrogen-bond donors (Lipinski definition) is 0. The van der Waals surface area contributed by atoms with Crippen molar-refractivity contribution in [3.63, 3.8) is 0 Å². The molecule has 2 heterocycles. The van der Waals surface area contributed by atoms with Crippen molar-refractivity contribution in [3.05, 3.63) is 67.8 Å². The molecule has 0 radical (unpaired) electrons. The Morgan fingerprint density at radius 3 is 1.17 bits per heavy atom. The summed E-state index contributed by atoms with van der Waals surface area (Å²) in [5.74, 6) is 0. The molecule has 0 saturated carbocycles. The average Bonchev–Trinajstić information content (AvgIpc) is 2.93. The first-order valence-corrected chi connectivity index (χ1v) is 6.76. The van der Waals surface area contributed by atoms with Crippen LogP contribution in [0, 0.1) is 43.0 Å². The molecule has 0 aromatic carbocycles. The second-order valence-electron chi connectivity index (χ2n) is 5.05. The molecular formula is C18H36N4Pt2-6. The van der Waals surface area contributed by atoms with Crippen LogP contribution in [-0.2, 0) is 42.1 Å². The molecule has 2 rings (SSSR count). The normalized spacial score (nSPS) is 13.9. The Labute approximate surface area is 181 Å². The van der Waals surface area contributed by atoms with Gasteiger partial charge in [-0.1, -0.05) is 12.8 Å². The van der Waals surface area contributed by atoms with Crippen LogP contribution in [0.1, 0.15) is 25.7 Å². The van der Waals surface area contributed by atoms with Crippen LogP contribution in [0.4, 0.5) is 0 Å². The minimum atomic E-state index is 0. The first-order chi connectivity index (χ1) is 8.74. The van der Waals surface area contributed by atoms with E-state index in [0.717, 1.165) is 13.1 Å². The molecule has 0 spiro atoms. The number of rotatable bonds is 7. The molecule has 0 amide bonds. The van der Waals surface area contributed by atoms with E-state index in [0.29, 0.717) is 0 Å². The van der Waals surface area contributed by atoms with Crippen LogP contribution in [0.15, 0.2) is 24.8 Å². The molecule has 0 N–H and O–H groups in total. The zero-order chi connectivity index (χ0) is 12.8. The third-order valence-corrected chi connectivity index (χ3v) is 3.23. The number of hydrogen-bond acceptors (Lipinski definition) is 4. The van der Waals surface area contributed by atoms with E-state index < -0.39 is 0 Å². The van der Waals surface area contributed by atoms with Gasteiger partial charge >= 0.3 is 0 Å². The third kappa shape index (κ3) is 13.4. The van der Waals surface area contributed by atoms with Crippen LogP contribution < -0.4 is 0 Å². The first kappa shape index (κ1) is 35.2. The number of nitrogens with zero attached hydrogens (tertiary/aromatic N) is 4. The van der Waals surface area contributed by atoms with Crippen molar-refractivity contribution in [1.82, 2.24) is 19.6 Å². The first-order valence-electron chi connectivity index (χ1n) is 6.76. The van der Waals surface area contributed by atoms with E-state index in [9.17, 15) is 0 Å². The summed E-state index contributed by atoms with van der Waals surface area (Å²) in [7, 11) is 4.13. The largest absolute Gasteiger partial charge is 0.511 e. The van der Waals surface area contributed by atoms with Gasteiger partial charge in [0.25, 0.3) is 0 Å². The average molecular weight is 699 g/mol. The minimum absolute atomic E-state index is 0. The van der Waals surface area contributed by atoms with Crippen molar-refractivity contribution in [2.24, 2.45) is 0 Å². The standard InChI is InChI=1S/C14H24N4.4CH3.2Pt/c1-15-9-11-17(13-15)7-5-3-4-6-8-18-12-10-16(2)14-18;;;;;;/h9-14H,3-8H2,1-2H3;4*1H3;;/q-2;4*-1;;. The molecule has 2 aliphatic heterocycles. The Morgan fingerprint density at radius 1 is 0.583 bits per heavy atom. The Bertz CT molecular complexity index is 281. The maximum absolute atomic E-state index is 2.26. The van der Waals surface area contributed by atoms with E-state index in [-0.39, 0.29) is 71.8 Å². The van der Waals surface area contributed by atoms with Gasteiger partial charge in [-0.05, 0) is 64.8 Å². The van der Waals surface area contributed by atoms with Gasteiger partial charge in [0.1, 0.15) is 0 Å². The predicted octanol–water partition coefficient (Wildman–Crippen LogP) is 4.02. The summed E-state index contributed by atoms with van der Waals surface area (Å²) in [6.45, 7) is 6.55. The van der Waals surface area contributed by atoms with Gasteiger partial charge in [-0.3, -0.25) is 0 Å². The molecule has 0 fully saturated rings. The molecule has 24 heavy (non-hydrogen) atoms. The molecule has 0 bridgehead atoms. The smallest absolute Gasteiger partial charge is 0 e. The summed E-state index contributed by atoms with van der Waals surface area (Å²) in [4.78, 5) is 8.69. The van der Waals surface area contributed by atoms with Crippen molar-refractivity contribution in [1.29, 1.82) is 0 Å². The molecule has 154 valence electrons. The topological polar surface area (TPSA) is 13.0 Å². The van der Waals surface area contributed by atoms with Crippen LogP contribution in [0.5, 0.6) is 0 Å². The molecule has 0 unspecified atom stereocenters. The van der Waals surface area contributed by atoms with Crippen LogP contribution in [0.2, 0.25) is 0 Å². The summed E-state index contributed by atoms with van der Waals surface area (Å²) in [5.41, 5.74) is 0. The van der Waals surface area contributed by atoms with Gasteiger partial charge < -0.3 is 49.3 Å². The minimum Gasteiger partial charge on any atom is -0.511 e. The molecule has 0 aromatic rings. The SMILES string of the molecule is CN1C=CN(CCCCCCN2C=CN(C)[CH-]2)[CH-]1.[CH3-].[CH3-].[CH3-].[CH3-].[Pt].[Pt]. The van der Waals surface area contributed by atoms with Gasteiger partial charge in [0, 0.05) is 42.1 Å². The van der Waals surface area contributed by atoms with Crippen LogP contribution in [0.3, 0.4) is 0 Å². The zero-order valence-electron chi connectivity index (χ0n) is 16.1. The van der Waals surface area contributed by atoms with Gasteiger partial charge in [0.2, 0.25) is 0 Å². The molecule has 4 nitrogen and oxygen atoms in total. The predicted molar refractivity (Wildman–Crippen MR) is 99.9 cm³/mol. The molecule has 0 aliphatic carbocycles. The molecule has 6 heteroatoms. The van der Waals surface area contributed by atoms with Crippen molar-refractivity contribution in [2.75, 3.05) is 27.2 Å². The van der Waals surface area contributed by atoms with E-state index in [2.05, 4.69) is 71.8 Å². The van der Waals surface area contributed by atoms with Gasteiger partial charge in [-0.2, -0.15) is 13.3 Å². The molecule has 0 saturated heterocycles. The zero-order valence-corrected chi connectivity index (χ0v) is 20.7. The fraction of sp³-hybridized carbons (Fsp3) is 0.444. The van der Waals surface area contributed by atoms with E-state index in [1.165, 1.54) is 25.7 Å². The van der Waals surface area contributed by atoms with Crippen molar-refractivity contribution >= 4 is 0 Å².